The molecule has 37 heavy (non-hydrogen) atoms. The molecule has 0 bridgehead atoms. The number of halogens is 3. The highest BCUT2D eigenvalue weighted by molar-refractivity contribution is 5.93. The summed E-state index contributed by atoms with van der Waals surface area (Å²) in [5.74, 6) is 0.507. The Morgan fingerprint density at radius 2 is 1.73 bits per heavy atom. The van der Waals surface area contributed by atoms with Gasteiger partial charge in [0.2, 0.25) is 5.91 Å². The molecule has 0 saturated carbocycles. The summed E-state index contributed by atoms with van der Waals surface area (Å²) in [6.45, 7) is 4.12. The zero-order chi connectivity index (χ0) is 26.6. The molecule has 1 aromatic heterocycles. The van der Waals surface area contributed by atoms with E-state index in [1.165, 1.54) is 30.5 Å². The number of phenolic OH excluding ortho intramolecular Hbond substituents is 1. The molecule has 10 heteroatoms. The Morgan fingerprint density at radius 1 is 1.00 bits per heavy atom. The summed E-state index contributed by atoms with van der Waals surface area (Å²) < 4.78 is 38.8. The van der Waals surface area contributed by atoms with Gasteiger partial charge in [0.05, 0.1) is 11.1 Å². The number of carbonyl (C=O) groups excluding carboxylic acids is 1. The number of benzene rings is 3. The number of nitrogens with two attached hydrogens (primary N) is 1. The zero-order valence-corrected chi connectivity index (χ0v) is 20.0. The molecule has 0 spiro atoms. The zero-order valence-electron chi connectivity index (χ0n) is 20.0. The van der Waals surface area contributed by atoms with Crippen molar-refractivity contribution in [3.8, 4) is 22.9 Å². The average molecular weight is 511 g/mol. The third-order valence-electron chi connectivity index (χ3n) is 5.73. The average Bonchev–Trinajstić information content (AvgIpc) is 3.38. The van der Waals surface area contributed by atoms with E-state index in [9.17, 15) is 23.1 Å². The standard InChI is InChI=1S/C19H19N3O.C8H6F3NO2/c1-13-8-9-14-16(12-13)20-18(15-6-2-3-7-17(15)23)21-19(14)22-10-4-5-11-22;9-8(10,11)14-6-3-1-2-5(4-6)7(12)13/h2-3,6-9,12,23H,4-5,10-11H2,1H3;1-4H,(H2,12,13). The van der Waals surface area contributed by atoms with Crippen molar-refractivity contribution >= 4 is 22.6 Å². The van der Waals surface area contributed by atoms with Crippen molar-refractivity contribution in [3.63, 3.8) is 0 Å². The molecular formula is C27H25F3N4O3. The molecular weight excluding hydrogens is 485 g/mol. The molecule has 1 aliphatic heterocycles. The summed E-state index contributed by atoms with van der Waals surface area (Å²) in [7, 11) is 0. The molecule has 0 aliphatic carbocycles. The third-order valence-corrected chi connectivity index (χ3v) is 5.73. The van der Waals surface area contributed by atoms with Gasteiger partial charge in [-0.25, -0.2) is 9.97 Å². The molecule has 0 unspecified atom stereocenters. The Labute approximate surface area is 211 Å². The Morgan fingerprint density at radius 3 is 2.41 bits per heavy atom. The SMILES string of the molecule is Cc1ccc2c(N3CCCC3)nc(-c3ccccc3O)nc2c1.NC(=O)c1cccc(OC(F)(F)F)c1. The van der Waals surface area contributed by atoms with Crippen LogP contribution in [0.3, 0.4) is 0 Å². The fourth-order valence-corrected chi connectivity index (χ4v) is 4.02. The second-order valence-corrected chi connectivity index (χ2v) is 8.54. The second kappa shape index (κ2) is 10.7. The van der Waals surface area contributed by atoms with Crippen LogP contribution in [0.4, 0.5) is 19.0 Å². The van der Waals surface area contributed by atoms with Gasteiger partial charge in [-0.3, -0.25) is 4.79 Å². The number of para-hydroxylation sites is 1. The van der Waals surface area contributed by atoms with Gasteiger partial charge in [-0.2, -0.15) is 0 Å². The monoisotopic (exact) mass is 510 g/mol. The number of phenols is 1. The van der Waals surface area contributed by atoms with E-state index < -0.39 is 18.0 Å². The van der Waals surface area contributed by atoms with Crippen LogP contribution in [0.5, 0.6) is 11.5 Å². The lowest BCUT2D eigenvalue weighted by Crippen LogP contribution is -2.20. The van der Waals surface area contributed by atoms with Crippen LogP contribution in [0.2, 0.25) is 0 Å². The largest absolute Gasteiger partial charge is 0.573 e. The van der Waals surface area contributed by atoms with Crippen molar-refractivity contribution in [2.45, 2.75) is 26.1 Å². The second-order valence-electron chi connectivity index (χ2n) is 8.54. The van der Waals surface area contributed by atoms with Crippen LogP contribution in [0.1, 0.15) is 28.8 Å². The predicted octanol–water partition coefficient (Wildman–Crippen LogP) is 5.60. The number of fused-ring (bicyclic) bond motifs is 1. The molecule has 1 saturated heterocycles. The van der Waals surface area contributed by atoms with E-state index in [2.05, 4.69) is 34.8 Å². The van der Waals surface area contributed by atoms with Gasteiger partial charge >= 0.3 is 6.36 Å². The molecule has 1 fully saturated rings. The molecule has 1 amide bonds. The van der Waals surface area contributed by atoms with Crippen LogP contribution in [0, 0.1) is 6.92 Å². The molecule has 1 aliphatic rings. The molecule has 3 N–H and O–H groups in total. The number of amides is 1. The Kier molecular flexibility index (Phi) is 7.47. The molecule has 192 valence electrons. The van der Waals surface area contributed by atoms with E-state index in [-0.39, 0.29) is 11.3 Å². The number of carbonyl (C=O) groups is 1. The molecule has 0 atom stereocenters. The van der Waals surface area contributed by atoms with Crippen LogP contribution >= 0.6 is 0 Å². The normalized spacial score (nSPS) is 13.2. The van der Waals surface area contributed by atoms with E-state index >= 15 is 0 Å². The maximum atomic E-state index is 11.7. The number of anilines is 1. The topological polar surface area (TPSA) is 102 Å². The van der Waals surface area contributed by atoms with Crippen molar-refractivity contribution in [1.82, 2.24) is 9.97 Å². The fraction of sp³-hybridized carbons (Fsp3) is 0.222. The number of rotatable bonds is 4. The van der Waals surface area contributed by atoms with E-state index in [4.69, 9.17) is 15.7 Å². The fourth-order valence-electron chi connectivity index (χ4n) is 4.02. The number of primary amides is 1. The quantitative estimate of drug-likeness (QED) is 0.371. The number of aromatic nitrogens is 2. The number of alkyl halides is 3. The highest BCUT2D eigenvalue weighted by Gasteiger charge is 2.31. The van der Waals surface area contributed by atoms with Gasteiger partial charge in [-0.15, -0.1) is 13.2 Å². The van der Waals surface area contributed by atoms with Crippen molar-refractivity contribution in [3.05, 3.63) is 77.9 Å². The van der Waals surface area contributed by atoms with Gasteiger partial charge in [0.25, 0.3) is 0 Å². The van der Waals surface area contributed by atoms with Gasteiger partial charge in [0, 0.05) is 24.0 Å². The molecule has 2 heterocycles. The number of hydrogen-bond donors (Lipinski definition) is 2. The van der Waals surface area contributed by atoms with E-state index in [0.29, 0.717) is 11.4 Å². The Hall–Kier alpha value is -4.34. The first kappa shape index (κ1) is 25.7. The summed E-state index contributed by atoms with van der Waals surface area (Å²) in [6, 6.07) is 18.1. The first-order chi connectivity index (χ1) is 17.6. The summed E-state index contributed by atoms with van der Waals surface area (Å²) in [5.41, 5.74) is 7.62. The van der Waals surface area contributed by atoms with Gasteiger partial charge in [0.15, 0.2) is 5.82 Å². The van der Waals surface area contributed by atoms with Crippen LogP contribution in [0.25, 0.3) is 22.3 Å². The van der Waals surface area contributed by atoms with Gasteiger partial charge in [-0.05, 0) is 67.8 Å². The lowest BCUT2D eigenvalue weighted by molar-refractivity contribution is -0.274. The Bertz CT molecular complexity index is 1420. The lowest BCUT2D eigenvalue weighted by Gasteiger charge is -2.19. The highest BCUT2D eigenvalue weighted by atomic mass is 19.4. The summed E-state index contributed by atoms with van der Waals surface area (Å²) in [4.78, 5) is 22.4. The van der Waals surface area contributed by atoms with E-state index in [1.54, 1.807) is 6.07 Å². The van der Waals surface area contributed by atoms with Crippen molar-refractivity contribution in [2.75, 3.05) is 18.0 Å². The molecule has 3 aromatic carbocycles. The minimum atomic E-state index is -4.77. The first-order valence-corrected chi connectivity index (χ1v) is 11.6. The molecule has 5 rings (SSSR count). The van der Waals surface area contributed by atoms with Crippen LogP contribution in [-0.4, -0.2) is 40.4 Å². The molecule has 4 aromatic rings. The highest BCUT2D eigenvalue weighted by Crippen LogP contribution is 2.33. The number of hydrogen-bond acceptors (Lipinski definition) is 6. The first-order valence-electron chi connectivity index (χ1n) is 11.6. The molecule has 0 radical (unpaired) electrons. The van der Waals surface area contributed by atoms with Gasteiger partial charge < -0.3 is 20.5 Å². The number of aromatic hydroxyl groups is 1. The summed E-state index contributed by atoms with van der Waals surface area (Å²) in [6.07, 6.45) is -2.37. The number of ether oxygens (including phenoxy) is 1. The predicted molar refractivity (Wildman–Crippen MR) is 134 cm³/mol. The van der Waals surface area contributed by atoms with E-state index in [1.807, 2.05) is 18.2 Å². The summed E-state index contributed by atoms with van der Waals surface area (Å²) in [5, 5.41) is 11.2. The van der Waals surface area contributed by atoms with Crippen LogP contribution < -0.4 is 15.4 Å². The van der Waals surface area contributed by atoms with E-state index in [0.717, 1.165) is 41.9 Å². The smallest absolute Gasteiger partial charge is 0.507 e. The summed E-state index contributed by atoms with van der Waals surface area (Å²) >= 11 is 0. The van der Waals surface area contributed by atoms with Gasteiger partial charge in [-0.1, -0.05) is 24.3 Å². The maximum Gasteiger partial charge on any atom is 0.573 e. The number of aryl methyl sites for hydroxylation is 1. The lowest BCUT2D eigenvalue weighted by atomic mass is 10.1. The minimum absolute atomic E-state index is 0.0354. The van der Waals surface area contributed by atoms with Crippen LogP contribution in [0.15, 0.2) is 66.7 Å². The van der Waals surface area contributed by atoms with Crippen molar-refractivity contribution in [1.29, 1.82) is 0 Å². The van der Waals surface area contributed by atoms with Crippen LogP contribution in [-0.2, 0) is 0 Å². The van der Waals surface area contributed by atoms with Crippen molar-refractivity contribution in [2.24, 2.45) is 5.73 Å². The maximum absolute atomic E-state index is 11.7. The number of nitrogens with zero attached hydrogens (tertiary/aromatic N) is 3. The third kappa shape index (κ3) is 6.46. The van der Waals surface area contributed by atoms with Crippen molar-refractivity contribution < 1.29 is 27.8 Å². The minimum Gasteiger partial charge on any atom is -0.507 e. The van der Waals surface area contributed by atoms with Gasteiger partial charge in [0.1, 0.15) is 17.3 Å². The Balaban J connectivity index is 0.000000197. The molecule has 7 nitrogen and oxygen atoms in total.